The number of aromatic nitrogens is 4. The van der Waals surface area contributed by atoms with Crippen molar-refractivity contribution in [2.45, 2.75) is 33.7 Å². The SMILES string of the molecule is CC(C)CNc1ccc2nc(C(N)C(C)C)c(-c3ccc4[nH]ccc4c3)n2n1. The van der Waals surface area contributed by atoms with E-state index in [1.54, 1.807) is 0 Å². The second-order valence-corrected chi connectivity index (χ2v) is 8.16. The fraction of sp³-hybridized carbons (Fsp3) is 0.364. The monoisotopic (exact) mass is 376 g/mol. The average molecular weight is 377 g/mol. The van der Waals surface area contributed by atoms with Gasteiger partial charge < -0.3 is 16.0 Å². The quantitative estimate of drug-likeness (QED) is 0.459. The van der Waals surface area contributed by atoms with Crippen molar-refractivity contribution in [1.29, 1.82) is 0 Å². The summed E-state index contributed by atoms with van der Waals surface area (Å²) in [6, 6.07) is 12.3. The van der Waals surface area contributed by atoms with Crippen molar-refractivity contribution in [1.82, 2.24) is 19.6 Å². The minimum Gasteiger partial charge on any atom is -0.368 e. The fourth-order valence-electron chi connectivity index (χ4n) is 3.37. The smallest absolute Gasteiger partial charge is 0.154 e. The predicted molar refractivity (Wildman–Crippen MR) is 115 cm³/mol. The Morgan fingerprint density at radius 3 is 2.68 bits per heavy atom. The molecule has 1 atom stereocenters. The summed E-state index contributed by atoms with van der Waals surface area (Å²) in [4.78, 5) is 8.10. The van der Waals surface area contributed by atoms with Crippen molar-refractivity contribution in [3.63, 3.8) is 0 Å². The molecule has 3 aromatic heterocycles. The third-order valence-electron chi connectivity index (χ3n) is 5.06. The van der Waals surface area contributed by atoms with E-state index in [1.165, 1.54) is 0 Å². The Hall–Kier alpha value is -2.86. The van der Waals surface area contributed by atoms with E-state index in [4.69, 9.17) is 15.8 Å². The Morgan fingerprint density at radius 1 is 1.11 bits per heavy atom. The molecule has 4 N–H and O–H groups in total. The van der Waals surface area contributed by atoms with Gasteiger partial charge >= 0.3 is 0 Å². The first-order valence-electron chi connectivity index (χ1n) is 9.90. The summed E-state index contributed by atoms with van der Waals surface area (Å²) in [5.41, 5.74) is 11.4. The lowest BCUT2D eigenvalue weighted by atomic mass is 9.97. The molecule has 1 unspecified atom stereocenters. The molecule has 0 saturated heterocycles. The van der Waals surface area contributed by atoms with Crippen LogP contribution in [0.15, 0.2) is 42.6 Å². The number of nitrogens with zero attached hydrogens (tertiary/aromatic N) is 3. The molecule has 0 aliphatic rings. The molecule has 0 fully saturated rings. The van der Waals surface area contributed by atoms with Crippen molar-refractivity contribution in [2.24, 2.45) is 17.6 Å². The van der Waals surface area contributed by atoms with Gasteiger partial charge in [0.25, 0.3) is 0 Å². The summed E-state index contributed by atoms with van der Waals surface area (Å²) in [5, 5.41) is 9.40. The third-order valence-corrected chi connectivity index (χ3v) is 5.06. The number of rotatable bonds is 6. The number of aromatic amines is 1. The van der Waals surface area contributed by atoms with Crippen molar-refractivity contribution < 1.29 is 0 Å². The van der Waals surface area contributed by atoms with Crippen molar-refractivity contribution >= 4 is 22.4 Å². The van der Waals surface area contributed by atoms with E-state index >= 15 is 0 Å². The molecule has 146 valence electrons. The van der Waals surface area contributed by atoms with Crippen LogP contribution in [0.2, 0.25) is 0 Å². The second-order valence-electron chi connectivity index (χ2n) is 8.16. The van der Waals surface area contributed by atoms with Gasteiger partial charge in [0, 0.05) is 29.2 Å². The number of nitrogens with two attached hydrogens (primary N) is 1. The van der Waals surface area contributed by atoms with Gasteiger partial charge in [0.1, 0.15) is 5.82 Å². The van der Waals surface area contributed by atoms with Gasteiger partial charge in [0.05, 0.1) is 17.4 Å². The van der Waals surface area contributed by atoms with E-state index in [9.17, 15) is 0 Å². The van der Waals surface area contributed by atoms with E-state index in [0.29, 0.717) is 5.92 Å². The maximum atomic E-state index is 6.54. The van der Waals surface area contributed by atoms with Crippen molar-refractivity contribution in [3.8, 4) is 11.3 Å². The van der Waals surface area contributed by atoms with Gasteiger partial charge in [0.15, 0.2) is 5.65 Å². The number of H-pyrrole nitrogens is 1. The summed E-state index contributed by atoms with van der Waals surface area (Å²) in [6.07, 6.45) is 1.95. The predicted octanol–water partition coefficient (Wildman–Crippen LogP) is 4.60. The van der Waals surface area contributed by atoms with Gasteiger partial charge in [-0.15, -0.1) is 5.10 Å². The van der Waals surface area contributed by atoms with Crippen molar-refractivity contribution in [2.75, 3.05) is 11.9 Å². The lowest BCUT2D eigenvalue weighted by molar-refractivity contribution is 0.506. The van der Waals surface area contributed by atoms with Crippen LogP contribution in [0.3, 0.4) is 0 Å². The van der Waals surface area contributed by atoms with Crippen LogP contribution < -0.4 is 11.1 Å². The molecule has 0 aliphatic heterocycles. The second kappa shape index (κ2) is 7.28. The average Bonchev–Trinajstić information content (AvgIpc) is 3.28. The molecular weight excluding hydrogens is 348 g/mol. The standard InChI is InChI=1S/C22H28N6/c1-13(2)12-25-18-7-8-19-26-21(20(23)14(3)4)22(28(19)27-18)16-5-6-17-15(11-16)9-10-24-17/h5-11,13-14,20,24H,12,23H2,1-4H3,(H,25,27). The third kappa shape index (κ3) is 3.36. The Bertz CT molecular complexity index is 1100. The minimum absolute atomic E-state index is 0.161. The van der Waals surface area contributed by atoms with Crippen LogP contribution in [0, 0.1) is 11.8 Å². The van der Waals surface area contributed by atoms with Gasteiger partial charge in [-0.2, -0.15) is 0 Å². The molecule has 0 spiro atoms. The molecule has 1 aromatic carbocycles. The van der Waals surface area contributed by atoms with E-state index in [-0.39, 0.29) is 12.0 Å². The summed E-state index contributed by atoms with van der Waals surface area (Å²) < 4.78 is 1.92. The summed E-state index contributed by atoms with van der Waals surface area (Å²) >= 11 is 0. The van der Waals surface area contributed by atoms with Gasteiger partial charge in [-0.1, -0.05) is 33.8 Å². The number of nitrogens with one attached hydrogen (secondary N) is 2. The molecule has 4 aromatic rings. The van der Waals surface area contributed by atoms with Crippen LogP contribution in [0.4, 0.5) is 5.82 Å². The lowest BCUT2D eigenvalue weighted by Gasteiger charge is -2.15. The normalized spacial score (nSPS) is 13.1. The molecule has 4 rings (SSSR count). The highest BCUT2D eigenvalue weighted by Gasteiger charge is 2.23. The molecule has 0 radical (unpaired) electrons. The van der Waals surface area contributed by atoms with Crippen molar-refractivity contribution in [3.05, 3.63) is 48.3 Å². The van der Waals surface area contributed by atoms with E-state index in [1.807, 2.05) is 22.8 Å². The van der Waals surface area contributed by atoms with E-state index in [2.05, 4.69) is 62.3 Å². The van der Waals surface area contributed by atoms with Crippen LogP contribution >= 0.6 is 0 Å². The molecule has 0 saturated carbocycles. The summed E-state index contributed by atoms with van der Waals surface area (Å²) in [5.74, 6) is 1.66. The van der Waals surface area contributed by atoms with E-state index < -0.39 is 0 Å². The molecular formula is C22H28N6. The zero-order valence-electron chi connectivity index (χ0n) is 16.9. The molecule has 28 heavy (non-hydrogen) atoms. The number of hydrogen-bond acceptors (Lipinski definition) is 4. The zero-order valence-corrected chi connectivity index (χ0v) is 16.9. The number of imidazole rings is 1. The molecule has 0 aliphatic carbocycles. The maximum absolute atomic E-state index is 6.54. The van der Waals surface area contributed by atoms with Crippen LogP contribution in [0.1, 0.15) is 39.4 Å². The van der Waals surface area contributed by atoms with Crippen LogP contribution in [-0.4, -0.2) is 26.1 Å². The molecule has 0 amide bonds. The van der Waals surface area contributed by atoms with Gasteiger partial charge in [-0.05, 0) is 42.2 Å². The first kappa shape index (κ1) is 18.5. The number of hydrogen-bond donors (Lipinski definition) is 3. The number of benzene rings is 1. The highest BCUT2D eigenvalue weighted by Crippen LogP contribution is 2.32. The highest BCUT2D eigenvalue weighted by atomic mass is 15.3. The summed E-state index contributed by atoms with van der Waals surface area (Å²) in [7, 11) is 0. The largest absolute Gasteiger partial charge is 0.368 e. The van der Waals surface area contributed by atoms with Crippen LogP contribution in [0.25, 0.3) is 27.8 Å². The van der Waals surface area contributed by atoms with Gasteiger partial charge in [0.2, 0.25) is 0 Å². The van der Waals surface area contributed by atoms with Crippen LogP contribution in [-0.2, 0) is 0 Å². The first-order valence-corrected chi connectivity index (χ1v) is 9.90. The Balaban J connectivity index is 1.90. The molecule has 6 nitrogen and oxygen atoms in total. The van der Waals surface area contributed by atoms with Crippen LogP contribution in [0.5, 0.6) is 0 Å². The van der Waals surface area contributed by atoms with Gasteiger partial charge in [-0.3, -0.25) is 0 Å². The molecule has 0 bridgehead atoms. The minimum atomic E-state index is -0.161. The fourth-order valence-corrected chi connectivity index (χ4v) is 3.37. The van der Waals surface area contributed by atoms with E-state index in [0.717, 1.165) is 45.9 Å². The number of fused-ring (bicyclic) bond motifs is 2. The molecule has 3 heterocycles. The zero-order chi connectivity index (χ0) is 19.8. The highest BCUT2D eigenvalue weighted by molar-refractivity contribution is 5.85. The maximum Gasteiger partial charge on any atom is 0.154 e. The Labute approximate surface area is 165 Å². The Morgan fingerprint density at radius 2 is 1.93 bits per heavy atom. The molecule has 6 heteroatoms. The van der Waals surface area contributed by atoms with Gasteiger partial charge in [-0.25, -0.2) is 9.50 Å². The lowest BCUT2D eigenvalue weighted by Crippen LogP contribution is -2.18. The topological polar surface area (TPSA) is 84.0 Å². The Kier molecular flexibility index (Phi) is 4.81. The summed E-state index contributed by atoms with van der Waals surface area (Å²) in [6.45, 7) is 9.48. The number of anilines is 1. The first-order chi connectivity index (χ1) is 13.4.